The zero-order chi connectivity index (χ0) is 16.8. The van der Waals surface area contributed by atoms with Gasteiger partial charge >= 0.3 is 5.97 Å². The molecule has 0 atom stereocenters. The maximum Gasteiger partial charge on any atom is 0.305 e. The lowest BCUT2D eigenvalue weighted by Gasteiger charge is -2.19. The highest BCUT2D eigenvalue weighted by atomic mass is 16.4. The molecule has 7 heteroatoms. The number of para-hydroxylation sites is 1. The van der Waals surface area contributed by atoms with Gasteiger partial charge in [-0.1, -0.05) is 18.2 Å². The Bertz CT molecular complexity index is 755. The van der Waals surface area contributed by atoms with Crippen molar-refractivity contribution in [2.45, 2.75) is 13.3 Å². The first-order chi connectivity index (χ1) is 11.0. The Morgan fingerprint density at radius 1 is 1.17 bits per heavy atom. The Labute approximate surface area is 132 Å². The molecule has 1 aromatic carbocycles. The highest BCUT2D eigenvalue weighted by Gasteiger charge is 2.18. The van der Waals surface area contributed by atoms with Crippen molar-refractivity contribution in [2.24, 2.45) is 0 Å². The summed E-state index contributed by atoms with van der Waals surface area (Å²) in [5.74, 6) is -1.38. The Morgan fingerprint density at radius 2 is 1.87 bits per heavy atom. The van der Waals surface area contributed by atoms with Gasteiger partial charge in [0, 0.05) is 19.2 Å². The van der Waals surface area contributed by atoms with E-state index in [1.807, 2.05) is 6.07 Å². The summed E-state index contributed by atoms with van der Waals surface area (Å²) in [6, 6.07) is 11.4. The molecule has 0 fully saturated rings. The van der Waals surface area contributed by atoms with Crippen LogP contribution in [0.2, 0.25) is 0 Å². The lowest BCUT2D eigenvalue weighted by atomic mass is 10.3. The van der Waals surface area contributed by atoms with E-state index >= 15 is 0 Å². The second-order valence-corrected chi connectivity index (χ2v) is 4.83. The summed E-state index contributed by atoms with van der Waals surface area (Å²) in [6.45, 7) is 2.21. The van der Waals surface area contributed by atoms with Crippen LogP contribution in [0.4, 0.5) is 0 Å². The molecule has 0 aliphatic carbocycles. The van der Waals surface area contributed by atoms with Crippen molar-refractivity contribution >= 4 is 11.9 Å². The highest BCUT2D eigenvalue weighted by molar-refractivity contribution is 5.92. The Hall–Kier alpha value is -2.96. The number of hydrogen-bond acceptors (Lipinski definition) is 4. The zero-order valence-electron chi connectivity index (χ0n) is 12.7. The number of carboxylic acid groups (broad SMARTS) is 1. The summed E-state index contributed by atoms with van der Waals surface area (Å²) < 4.78 is 1.15. The molecule has 1 amide bonds. The van der Waals surface area contributed by atoms with Crippen LogP contribution >= 0.6 is 0 Å². The number of aliphatic carboxylic acids is 1. The van der Waals surface area contributed by atoms with Crippen molar-refractivity contribution in [3.05, 3.63) is 58.5 Å². The van der Waals surface area contributed by atoms with Gasteiger partial charge in [-0.25, -0.2) is 0 Å². The van der Waals surface area contributed by atoms with Crippen molar-refractivity contribution in [1.82, 2.24) is 14.7 Å². The Balaban J connectivity index is 2.31. The predicted molar refractivity (Wildman–Crippen MR) is 83.7 cm³/mol. The van der Waals surface area contributed by atoms with E-state index in [1.165, 1.54) is 17.0 Å². The standard InChI is InChI=1S/C16H17N3O4/c1-2-18(11-10-15(21)22)16(23)13-8-9-14(20)19(17-13)12-6-4-3-5-7-12/h3-9H,2,10-11H2,1H3,(H,21,22). The largest absolute Gasteiger partial charge is 0.481 e. The zero-order valence-corrected chi connectivity index (χ0v) is 12.7. The number of carbonyl (C=O) groups is 2. The van der Waals surface area contributed by atoms with Crippen LogP contribution in [-0.4, -0.2) is 44.8 Å². The third-order valence-electron chi connectivity index (χ3n) is 3.28. The van der Waals surface area contributed by atoms with E-state index in [2.05, 4.69) is 5.10 Å². The molecule has 0 unspecified atom stereocenters. The molecule has 0 saturated carbocycles. The van der Waals surface area contributed by atoms with Crippen LogP contribution in [0, 0.1) is 0 Å². The number of benzene rings is 1. The van der Waals surface area contributed by atoms with Crippen molar-refractivity contribution in [2.75, 3.05) is 13.1 Å². The summed E-state index contributed by atoms with van der Waals surface area (Å²) in [5.41, 5.74) is 0.308. The van der Waals surface area contributed by atoms with Crippen LogP contribution in [0.25, 0.3) is 5.69 Å². The number of aromatic nitrogens is 2. The van der Waals surface area contributed by atoms with Gasteiger partial charge in [-0.15, -0.1) is 0 Å². The van der Waals surface area contributed by atoms with Gasteiger partial charge in [0.05, 0.1) is 12.1 Å². The molecule has 1 aromatic heterocycles. The summed E-state index contributed by atoms with van der Waals surface area (Å²) in [7, 11) is 0. The molecule has 0 spiro atoms. The maximum absolute atomic E-state index is 12.4. The molecule has 0 radical (unpaired) electrons. The minimum absolute atomic E-state index is 0.0941. The lowest BCUT2D eigenvalue weighted by molar-refractivity contribution is -0.137. The quantitative estimate of drug-likeness (QED) is 0.864. The van der Waals surface area contributed by atoms with E-state index in [9.17, 15) is 14.4 Å². The van der Waals surface area contributed by atoms with Gasteiger partial charge < -0.3 is 10.0 Å². The Morgan fingerprint density at radius 3 is 2.48 bits per heavy atom. The van der Waals surface area contributed by atoms with Gasteiger partial charge in [0.1, 0.15) is 5.69 Å². The van der Waals surface area contributed by atoms with E-state index in [4.69, 9.17) is 5.11 Å². The van der Waals surface area contributed by atoms with Crippen LogP contribution in [0.15, 0.2) is 47.3 Å². The van der Waals surface area contributed by atoms with E-state index < -0.39 is 11.9 Å². The monoisotopic (exact) mass is 315 g/mol. The average Bonchev–Trinajstić information content (AvgIpc) is 2.56. The first kappa shape index (κ1) is 16.4. The minimum atomic E-state index is -0.974. The number of hydrogen-bond donors (Lipinski definition) is 1. The fourth-order valence-electron chi connectivity index (χ4n) is 2.08. The molecule has 0 bridgehead atoms. The van der Waals surface area contributed by atoms with Crippen LogP contribution in [0.1, 0.15) is 23.8 Å². The van der Waals surface area contributed by atoms with Gasteiger partial charge in [0.25, 0.3) is 11.5 Å². The molecule has 1 N–H and O–H groups in total. The van der Waals surface area contributed by atoms with Gasteiger partial charge in [0.2, 0.25) is 0 Å². The molecule has 0 aliphatic rings. The second kappa shape index (κ2) is 7.35. The third kappa shape index (κ3) is 4.03. The number of amides is 1. The van der Waals surface area contributed by atoms with Crippen LogP contribution in [0.5, 0.6) is 0 Å². The summed E-state index contributed by atoms with van der Waals surface area (Å²) in [6.07, 6.45) is -0.141. The fourth-order valence-corrected chi connectivity index (χ4v) is 2.08. The number of nitrogens with zero attached hydrogens (tertiary/aromatic N) is 3. The van der Waals surface area contributed by atoms with Crippen LogP contribution < -0.4 is 5.56 Å². The SMILES string of the molecule is CCN(CCC(=O)O)C(=O)c1ccc(=O)n(-c2ccccc2)n1. The number of carbonyl (C=O) groups excluding carboxylic acids is 1. The summed E-state index contributed by atoms with van der Waals surface area (Å²) in [4.78, 5) is 36.4. The van der Waals surface area contributed by atoms with E-state index in [-0.39, 0.29) is 24.2 Å². The molecular formula is C16H17N3O4. The highest BCUT2D eigenvalue weighted by Crippen LogP contribution is 2.05. The smallest absolute Gasteiger partial charge is 0.305 e. The van der Waals surface area contributed by atoms with Crippen LogP contribution in [0.3, 0.4) is 0 Å². The predicted octanol–water partition coefficient (Wildman–Crippen LogP) is 1.17. The van der Waals surface area contributed by atoms with Crippen LogP contribution in [-0.2, 0) is 4.79 Å². The lowest BCUT2D eigenvalue weighted by Crippen LogP contribution is -2.35. The number of rotatable bonds is 6. The van der Waals surface area contributed by atoms with Gasteiger partial charge in [-0.3, -0.25) is 14.4 Å². The molecule has 120 valence electrons. The molecule has 1 heterocycles. The first-order valence-electron chi connectivity index (χ1n) is 7.19. The number of carboxylic acids is 1. The van der Waals surface area contributed by atoms with E-state index in [0.717, 1.165) is 4.68 Å². The van der Waals surface area contributed by atoms with Crippen molar-refractivity contribution in [3.8, 4) is 5.69 Å². The average molecular weight is 315 g/mol. The molecule has 23 heavy (non-hydrogen) atoms. The van der Waals surface area contributed by atoms with Crippen molar-refractivity contribution < 1.29 is 14.7 Å². The van der Waals surface area contributed by atoms with Gasteiger partial charge in [-0.2, -0.15) is 9.78 Å². The minimum Gasteiger partial charge on any atom is -0.481 e. The van der Waals surface area contributed by atoms with Crippen molar-refractivity contribution in [3.63, 3.8) is 0 Å². The molecule has 0 saturated heterocycles. The van der Waals surface area contributed by atoms with E-state index in [1.54, 1.807) is 31.2 Å². The van der Waals surface area contributed by atoms with E-state index in [0.29, 0.717) is 12.2 Å². The topological polar surface area (TPSA) is 92.5 Å². The molecule has 2 aromatic rings. The fraction of sp³-hybridized carbons (Fsp3) is 0.250. The summed E-state index contributed by atoms with van der Waals surface area (Å²) in [5, 5.41) is 12.8. The third-order valence-corrected chi connectivity index (χ3v) is 3.28. The second-order valence-electron chi connectivity index (χ2n) is 4.83. The van der Waals surface area contributed by atoms with Gasteiger partial charge in [-0.05, 0) is 25.1 Å². The molecule has 0 aliphatic heterocycles. The van der Waals surface area contributed by atoms with Crippen molar-refractivity contribution in [1.29, 1.82) is 0 Å². The summed E-state index contributed by atoms with van der Waals surface area (Å²) >= 11 is 0. The Kier molecular flexibility index (Phi) is 5.24. The maximum atomic E-state index is 12.4. The molecule has 2 rings (SSSR count). The molecule has 7 nitrogen and oxygen atoms in total. The first-order valence-corrected chi connectivity index (χ1v) is 7.19. The molecular weight excluding hydrogens is 298 g/mol. The van der Waals surface area contributed by atoms with Gasteiger partial charge in [0.15, 0.2) is 0 Å². The normalized spacial score (nSPS) is 10.3.